The number of hydrogen-bond donors (Lipinski definition) is 7. The first-order chi connectivity index (χ1) is 17.6. The lowest BCUT2D eigenvalue weighted by molar-refractivity contribution is -0.182. The quantitative estimate of drug-likeness (QED) is 0.0993. The zero-order valence-corrected chi connectivity index (χ0v) is 19.4. The van der Waals surface area contributed by atoms with Crippen molar-refractivity contribution in [3.8, 4) is 0 Å². The number of aliphatic carboxylic acids is 4. The van der Waals surface area contributed by atoms with E-state index < -0.39 is 85.3 Å². The Bertz CT molecular complexity index is 1000. The molecule has 1 rings (SSSR count). The van der Waals surface area contributed by atoms with Crippen molar-refractivity contribution in [1.82, 2.24) is 0 Å². The van der Waals surface area contributed by atoms with E-state index in [1.807, 2.05) is 0 Å². The molecule has 210 valence electrons. The highest BCUT2D eigenvalue weighted by molar-refractivity contribution is 5.87. The van der Waals surface area contributed by atoms with Gasteiger partial charge in [0.25, 0.3) is 0 Å². The van der Waals surface area contributed by atoms with E-state index in [2.05, 4.69) is 14.2 Å². The maximum Gasteiger partial charge on any atom is 0.352 e. The van der Waals surface area contributed by atoms with Gasteiger partial charge in [0.05, 0.1) is 6.42 Å². The second-order valence-corrected chi connectivity index (χ2v) is 6.99. The van der Waals surface area contributed by atoms with E-state index in [0.717, 1.165) is 6.92 Å². The number of benzene rings is 1. The third-order valence-corrected chi connectivity index (χ3v) is 3.96. The smallest absolute Gasteiger partial charge is 0.352 e. The Morgan fingerprint density at radius 3 is 1.71 bits per heavy atom. The molecule has 17 heteroatoms. The molecular weight excluding hydrogens is 524 g/mol. The zero-order valence-electron chi connectivity index (χ0n) is 19.4. The molecule has 38 heavy (non-hydrogen) atoms. The average Bonchev–Trinajstić information content (AvgIpc) is 2.84. The van der Waals surface area contributed by atoms with Crippen molar-refractivity contribution in [3.05, 3.63) is 35.9 Å². The van der Waals surface area contributed by atoms with Crippen LogP contribution in [0.3, 0.4) is 0 Å². The maximum absolute atomic E-state index is 11.9. The lowest BCUT2D eigenvalue weighted by Crippen LogP contribution is -2.41. The number of esters is 3. The predicted octanol–water partition coefficient (Wildman–Crippen LogP) is -2.46. The summed E-state index contributed by atoms with van der Waals surface area (Å²) < 4.78 is 13.3. The first-order valence-electron chi connectivity index (χ1n) is 10.1. The molecule has 0 saturated carbocycles. The van der Waals surface area contributed by atoms with Gasteiger partial charge in [0.2, 0.25) is 6.10 Å². The fourth-order valence-corrected chi connectivity index (χ4v) is 2.09. The third kappa shape index (κ3) is 12.4. The van der Waals surface area contributed by atoms with Crippen LogP contribution in [-0.4, -0.2) is 109 Å². The van der Waals surface area contributed by atoms with Crippen LogP contribution in [0.4, 0.5) is 0 Å². The summed E-state index contributed by atoms with van der Waals surface area (Å²) >= 11 is 0. The number of hydrogen-bond acceptors (Lipinski definition) is 13. The molecule has 0 aromatic heterocycles. The van der Waals surface area contributed by atoms with Crippen LogP contribution in [0.2, 0.25) is 0 Å². The second kappa shape index (κ2) is 16.2. The molecular formula is C21H24O17. The van der Waals surface area contributed by atoms with Crippen LogP contribution in [0, 0.1) is 0 Å². The van der Waals surface area contributed by atoms with E-state index in [4.69, 9.17) is 30.6 Å². The molecule has 5 atom stereocenters. The summed E-state index contributed by atoms with van der Waals surface area (Å²) in [7, 11) is 0. The van der Waals surface area contributed by atoms with E-state index in [1.54, 1.807) is 6.07 Å². The van der Waals surface area contributed by atoms with Crippen LogP contribution >= 0.6 is 0 Å². The standard InChI is InChI=1S/C14H14O10.C7H10O7/c15-8(16)6-23-14(22)11(7-4-2-1-3-5-7)24-13(21)10(18)9(17)12(19)20;1-3(6(11)12)14-7(13)4(8)2-5(9)10/h1-5,9-11,17-18H,6H2,(H,15,16)(H,19,20);3-4,8H,2H2,1H3,(H,9,10)(H,11,12). The number of ether oxygens (including phenoxy) is 3. The van der Waals surface area contributed by atoms with Crippen molar-refractivity contribution in [3.63, 3.8) is 0 Å². The average molecular weight is 548 g/mol. The molecule has 0 amide bonds. The third-order valence-electron chi connectivity index (χ3n) is 3.96. The Hall–Kier alpha value is -4.61. The molecule has 0 spiro atoms. The fraction of sp³-hybridized carbons (Fsp3) is 0.381. The molecule has 0 saturated heterocycles. The van der Waals surface area contributed by atoms with Crippen LogP contribution in [-0.2, 0) is 47.8 Å². The first-order valence-corrected chi connectivity index (χ1v) is 10.1. The van der Waals surface area contributed by atoms with Crippen molar-refractivity contribution in [2.24, 2.45) is 0 Å². The molecule has 0 radical (unpaired) electrons. The summed E-state index contributed by atoms with van der Waals surface area (Å²) in [5.74, 6) is -10.2. The van der Waals surface area contributed by atoms with Gasteiger partial charge in [-0.15, -0.1) is 0 Å². The molecule has 0 heterocycles. The van der Waals surface area contributed by atoms with Gasteiger partial charge in [0.1, 0.15) is 0 Å². The molecule has 0 aliphatic carbocycles. The van der Waals surface area contributed by atoms with Gasteiger partial charge in [-0.25, -0.2) is 28.8 Å². The molecule has 0 aliphatic rings. The summed E-state index contributed by atoms with van der Waals surface area (Å²) in [6.45, 7) is 0.105. The molecule has 0 bridgehead atoms. The summed E-state index contributed by atoms with van der Waals surface area (Å²) in [6.07, 6.45) is -10.7. The number of carboxylic acids is 4. The molecule has 1 aromatic carbocycles. The summed E-state index contributed by atoms with van der Waals surface area (Å²) in [5.41, 5.74) is 0.0956. The number of aliphatic hydroxyl groups excluding tert-OH is 3. The number of aliphatic hydroxyl groups is 3. The van der Waals surface area contributed by atoms with E-state index in [0.29, 0.717) is 0 Å². The van der Waals surface area contributed by atoms with Crippen molar-refractivity contribution < 1.29 is 83.5 Å². The number of carbonyl (C=O) groups is 7. The minimum atomic E-state index is -2.45. The first kappa shape index (κ1) is 33.4. The van der Waals surface area contributed by atoms with Gasteiger partial charge in [-0.3, -0.25) is 4.79 Å². The second-order valence-electron chi connectivity index (χ2n) is 6.99. The highest BCUT2D eigenvalue weighted by Gasteiger charge is 2.36. The fourth-order valence-electron chi connectivity index (χ4n) is 2.09. The van der Waals surface area contributed by atoms with Crippen molar-refractivity contribution in [2.75, 3.05) is 6.61 Å². The normalized spacial score (nSPS) is 14.1. The SMILES string of the molecule is CC(OC(=O)C(O)CC(=O)O)C(=O)O.O=C(O)COC(=O)C(OC(=O)C(O)C(O)C(=O)O)c1ccccc1. The number of carbonyl (C=O) groups excluding carboxylic acids is 3. The van der Waals surface area contributed by atoms with E-state index >= 15 is 0 Å². The lowest BCUT2D eigenvalue weighted by Gasteiger charge is -2.19. The number of carboxylic acid groups (broad SMARTS) is 4. The van der Waals surface area contributed by atoms with Gasteiger partial charge in [-0.1, -0.05) is 30.3 Å². The Kier molecular flexibility index (Phi) is 14.2. The highest BCUT2D eigenvalue weighted by atomic mass is 16.6. The zero-order chi connectivity index (χ0) is 29.6. The Morgan fingerprint density at radius 1 is 0.711 bits per heavy atom. The highest BCUT2D eigenvalue weighted by Crippen LogP contribution is 2.20. The van der Waals surface area contributed by atoms with Gasteiger partial charge in [-0.2, -0.15) is 0 Å². The van der Waals surface area contributed by atoms with E-state index in [1.165, 1.54) is 24.3 Å². The van der Waals surface area contributed by atoms with Crippen LogP contribution in [0.1, 0.15) is 25.0 Å². The molecule has 7 N–H and O–H groups in total. The van der Waals surface area contributed by atoms with Crippen LogP contribution in [0.25, 0.3) is 0 Å². The molecule has 5 unspecified atom stereocenters. The van der Waals surface area contributed by atoms with E-state index in [-0.39, 0.29) is 5.56 Å². The maximum atomic E-state index is 11.9. The van der Waals surface area contributed by atoms with Gasteiger partial charge in [0, 0.05) is 5.56 Å². The van der Waals surface area contributed by atoms with Crippen molar-refractivity contribution >= 4 is 41.8 Å². The molecule has 0 aliphatic heterocycles. The number of rotatable bonds is 13. The van der Waals surface area contributed by atoms with Crippen LogP contribution < -0.4 is 0 Å². The van der Waals surface area contributed by atoms with Gasteiger partial charge in [0.15, 0.2) is 31.0 Å². The van der Waals surface area contributed by atoms with Crippen LogP contribution in [0.15, 0.2) is 30.3 Å². The monoisotopic (exact) mass is 548 g/mol. The lowest BCUT2D eigenvalue weighted by atomic mass is 10.1. The topological polar surface area (TPSA) is 289 Å². The minimum absolute atomic E-state index is 0.0956. The Labute approximate surface area is 212 Å². The van der Waals surface area contributed by atoms with Crippen LogP contribution in [0.5, 0.6) is 0 Å². The van der Waals surface area contributed by atoms with Gasteiger partial charge >= 0.3 is 41.8 Å². The summed E-state index contributed by atoms with van der Waals surface area (Å²) in [6, 6.07) is 7.29. The largest absolute Gasteiger partial charge is 0.481 e. The molecule has 1 aromatic rings. The van der Waals surface area contributed by atoms with E-state index in [9.17, 15) is 38.7 Å². The van der Waals surface area contributed by atoms with Crippen molar-refractivity contribution in [1.29, 1.82) is 0 Å². The predicted molar refractivity (Wildman–Crippen MR) is 115 cm³/mol. The van der Waals surface area contributed by atoms with Crippen molar-refractivity contribution in [2.45, 2.75) is 43.9 Å². The molecule has 0 fully saturated rings. The van der Waals surface area contributed by atoms with Gasteiger partial charge in [-0.05, 0) is 6.92 Å². The Balaban J connectivity index is 0.000000835. The molecule has 17 nitrogen and oxygen atoms in total. The summed E-state index contributed by atoms with van der Waals surface area (Å²) in [5, 5.41) is 60.9. The van der Waals surface area contributed by atoms with Gasteiger partial charge < -0.3 is 50.0 Å². The summed E-state index contributed by atoms with van der Waals surface area (Å²) in [4.78, 5) is 75.6. The minimum Gasteiger partial charge on any atom is -0.481 e. The Morgan fingerprint density at radius 2 is 1.26 bits per heavy atom.